The van der Waals surface area contributed by atoms with Crippen molar-refractivity contribution in [2.45, 2.75) is 6.54 Å². The van der Waals surface area contributed by atoms with Crippen molar-refractivity contribution in [3.63, 3.8) is 0 Å². The van der Waals surface area contributed by atoms with E-state index >= 15 is 0 Å². The first-order valence-corrected chi connectivity index (χ1v) is 4.10. The van der Waals surface area contributed by atoms with E-state index in [1.165, 1.54) is 0 Å². The van der Waals surface area contributed by atoms with E-state index in [1.54, 1.807) is 7.05 Å². The quantitative estimate of drug-likeness (QED) is 0.799. The molecule has 0 amide bonds. The molecule has 0 aliphatic carbocycles. The van der Waals surface area contributed by atoms with E-state index in [0.717, 1.165) is 12.1 Å². The molecule has 0 saturated heterocycles. The third-order valence-electron chi connectivity index (χ3n) is 1.78. The van der Waals surface area contributed by atoms with Crippen LogP contribution < -0.4 is 5.32 Å². The molecule has 0 fully saturated rings. The van der Waals surface area contributed by atoms with Crippen molar-refractivity contribution in [2.24, 2.45) is 0 Å². The van der Waals surface area contributed by atoms with E-state index in [1.807, 2.05) is 0 Å². The topological polar surface area (TPSA) is 38.1 Å². The van der Waals surface area contributed by atoms with Gasteiger partial charge < -0.3 is 9.73 Å². The van der Waals surface area contributed by atoms with Crippen molar-refractivity contribution < 1.29 is 13.2 Å². The van der Waals surface area contributed by atoms with Gasteiger partial charge in [-0.15, -0.1) is 0 Å². The Balaban J connectivity index is 2.58. The molecule has 1 N–H and O–H groups in total. The lowest BCUT2D eigenvalue weighted by Gasteiger charge is -1.90. The van der Waals surface area contributed by atoms with Gasteiger partial charge in [-0.1, -0.05) is 0 Å². The Morgan fingerprint density at radius 2 is 2.21 bits per heavy atom. The average Bonchev–Trinajstić information content (AvgIpc) is 2.48. The molecule has 0 saturated carbocycles. The second kappa shape index (κ2) is 3.34. The Labute approximate surface area is 78.7 Å². The molecule has 0 bridgehead atoms. The Hall–Kier alpha value is -1.49. The number of nitrogens with zero attached hydrogens (tertiary/aromatic N) is 1. The Morgan fingerprint density at radius 1 is 1.43 bits per heavy atom. The summed E-state index contributed by atoms with van der Waals surface area (Å²) < 4.78 is 30.9. The number of hydrogen-bond acceptors (Lipinski definition) is 3. The Morgan fingerprint density at radius 3 is 2.93 bits per heavy atom. The lowest BCUT2D eigenvalue weighted by Crippen LogP contribution is -2.04. The van der Waals surface area contributed by atoms with Gasteiger partial charge in [0.1, 0.15) is 11.3 Å². The van der Waals surface area contributed by atoms with Crippen molar-refractivity contribution in [3.8, 4) is 0 Å². The zero-order chi connectivity index (χ0) is 10.1. The predicted molar refractivity (Wildman–Crippen MR) is 46.7 cm³/mol. The molecule has 74 valence electrons. The molecule has 0 aliphatic heterocycles. The van der Waals surface area contributed by atoms with Gasteiger partial charge in [0.2, 0.25) is 5.89 Å². The molecule has 14 heavy (non-hydrogen) atoms. The Bertz CT molecular complexity index is 467. The fourth-order valence-electron chi connectivity index (χ4n) is 1.23. The highest BCUT2D eigenvalue weighted by Gasteiger charge is 2.11. The van der Waals surface area contributed by atoms with E-state index in [-0.39, 0.29) is 11.1 Å². The molecule has 0 atom stereocenters. The summed E-state index contributed by atoms with van der Waals surface area (Å²) in [6.45, 7) is 0.385. The van der Waals surface area contributed by atoms with Crippen LogP contribution in [-0.4, -0.2) is 12.0 Å². The maximum Gasteiger partial charge on any atom is 0.209 e. The highest BCUT2D eigenvalue weighted by Crippen LogP contribution is 2.20. The number of rotatable bonds is 2. The number of benzene rings is 1. The van der Waals surface area contributed by atoms with E-state index in [9.17, 15) is 8.78 Å². The standard InChI is InChI=1S/C9H8F2N2O/c1-12-4-8-13-7-3-5(10)2-6(11)9(7)14-8/h2-3,12H,4H2,1H3. The minimum atomic E-state index is -0.727. The molecular formula is C9H8F2N2O. The van der Waals surface area contributed by atoms with Crippen LogP contribution in [0.2, 0.25) is 0 Å². The summed E-state index contributed by atoms with van der Waals surface area (Å²) in [5.41, 5.74) is 0.199. The van der Waals surface area contributed by atoms with Gasteiger partial charge in [-0.05, 0) is 7.05 Å². The highest BCUT2D eigenvalue weighted by atomic mass is 19.1. The van der Waals surface area contributed by atoms with Crippen molar-refractivity contribution in [2.75, 3.05) is 7.05 Å². The van der Waals surface area contributed by atoms with Crippen LogP contribution in [-0.2, 0) is 6.54 Å². The van der Waals surface area contributed by atoms with Gasteiger partial charge in [0.05, 0.1) is 6.54 Å². The van der Waals surface area contributed by atoms with Gasteiger partial charge in [-0.2, -0.15) is 0 Å². The molecule has 5 heteroatoms. The van der Waals surface area contributed by atoms with E-state index in [0.29, 0.717) is 12.4 Å². The third kappa shape index (κ3) is 1.46. The monoisotopic (exact) mass is 198 g/mol. The summed E-state index contributed by atoms with van der Waals surface area (Å²) in [6.07, 6.45) is 0. The normalized spacial score (nSPS) is 11.1. The van der Waals surface area contributed by atoms with Crippen molar-refractivity contribution in [1.29, 1.82) is 0 Å². The number of halogens is 2. The fourth-order valence-corrected chi connectivity index (χ4v) is 1.23. The van der Waals surface area contributed by atoms with Gasteiger partial charge in [0.25, 0.3) is 0 Å². The highest BCUT2D eigenvalue weighted by molar-refractivity contribution is 5.73. The summed E-state index contributed by atoms with van der Waals surface area (Å²) in [6, 6.07) is 1.91. The van der Waals surface area contributed by atoms with Crippen LogP contribution in [0, 0.1) is 11.6 Å². The summed E-state index contributed by atoms with van der Waals surface area (Å²) in [5.74, 6) is -1.04. The molecule has 1 aromatic carbocycles. The molecule has 0 spiro atoms. The third-order valence-corrected chi connectivity index (χ3v) is 1.78. The second-order valence-corrected chi connectivity index (χ2v) is 2.87. The van der Waals surface area contributed by atoms with E-state index < -0.39 is 11.6 Å². The number of hydrogen-bond donors (Lipinski definition) is 1. The lowest BCUT2D eigenvalue weighted by molar-refractivity contribution is 0.490. The number of fused-ring (bicyclic) bond motifs is 1. The van der Waals surface area contributed by atoms with Crippen LogP contribution in [0.15, 0.2) is 16.5 Å². The maximum atomic E-state index is 13.1. The molecule has 0 unspecified atom stereocenters. The number of aromatic nitrogens is 1. The zero-order valence-electron chi connectivity index (χ0n) is 7.47. The summed E-state index contributed by atoms with van der Waals surface area (Å²) in [7, 11) is 1.71. The number of oxazole rings is 1. The second-order valence-electron chi connectivity index (χ2n) is 2.87. The van der Waals surface area contributed by atoms with Crippen LogP contribution in [0.5, 0.6) is 0 Å². The summed E-state index contributed by atoms with van der Waals surface area (Å²) in [4.78, 5) is 3.91. The largest absolute Gasteiger partial charge is 0.436 e. The molecule has 0 radical (unpaired) electrons. The molecule has 1 heterocycles. The van der Waals surface area contributed by atoms with Crippen LogP contribution >= 0.6 is 0 Å². The lowest BCUT2D eigenvalue weighted by atomic mass is 10.3. The molecule has 2 rings (SSSR count). The van der Waals surface area contributed by atoms with Crippen molar-refractivity contribution >= 4 is 11.1 Å². The van der Waals surface area contributed by atoms with Crippen LogP contribution in [0.1, 0.15) is 5.89 Å². The SMILES string of the molecule is CNCc1nc2cc(F)cc(F)c2o1. The van der Waals surface area contributed by atoms with Crippen LogP contribution in [0.3, 0.4) is 0 Å². The average molecular weight is 198 g/mol. The minimum Gasteiger partial charge on any atom is -0.436 e. The van der Waals surface area contributed by atoms with E-state index in [4.69, 9.17) is 4.42 Å². The first-order chi connectivity index (χ1) is 6.70. The molecule has 0 aliphatic rings. The van der Waals surface area contributed by atoms with Crippen LogP contribution in [0.4, 0.5) is 8.78 Å². The molecule has 2 aromatic rings. The van der Waals surface area contributed by atoms with Gasteiger partial charge in [-0.3, -0.25) is 0 Å². The molecule has 3 nitrogen and oxygen atoms in total. The van der Waals surface area contributed by atoms with E-state index in [2.05, 4.69) is 10.3 Å². The number of nitrogens with one attached hydrogen (secondary N) is 1. The first-order valence-electron chi connectivity index (χ1n) is 4.10. The van der Waals surface area contributed by atoms with Crippen molar-refractivity contribution in [1.82, 2.24) is 10.3 Å². The predicted octanol–water partition coefficient (Wildman–Crippen LogP) is 1.83. The van der Waals surface area contributed by atoms with Gasteiger partial charge in [0.15, 0.2) is 11.4 Å². The van der Waals surface area contributed by atoms with Crippen molar-refractivity contribution in [3.05, 3.63) is 29.7 Å². The molecule has 1 aromatic heterocycles. The fraction of sp³-hybridized carbons (Fsp3) is 0.222. The Kier molecular flexibility index (Phi) is 2.17. The zero-order valence-corrected chi connectivity index (χ0v) is 7.47. The summed E-state index contributed by atoms with van der Waals surface area (Å²) in [5, 5.41) is 2.81. The minimum absolute atomic E-state index is 0.00310. The maximum absolute atomic E-state index is 13.1. The van der Waals surface area contributed by atoms with Gasteiger partial charge in [-0.25, -0.2) is 13.8 Å². The molecular weight excluding hydrogens is 190 g/mol. The first kappa shape index (κ1) is 9.08. The summed E-state index contributed by atoms with van der Waals surface area (Å²) >= 11 is 0. The smallest absolute Gasteiger partial charge is 0.209 e. The van der Waals surface area contributed by atoms with Gasteiger partial charge >= 0.3 is 0 Å². The van der Waals surface area contributed by atoms with Gasteiger partial charge in [0, 0.05) is 12.1 Å². The van der Waals surface area contributed by atoms with Crippen LogP contribution in [0.25, 0.3) is 11.1 Å².